The van der Waals surface area contributed by atoms with Gasteiger partial charge in [0.05, 0.1) is 28.7 Å². The zero-order valence-electron chi connectivity index (χ0n) is 14.2. The fraction of sp³-hybridized carbons (Fsp3) is 0.176. The molecule has 1 fully saturated rings. The second kappa shape index (κ2) is 6.93. The van der Waals surface area contributed by atoms with Crippen molar-refractivity contribution in [1.82, 2.24) is 9.88 Å². The molecule has 0 radical (unpaired) electrons. The molecule has 0 atom stereocenters. The van der Waals surface area contributed by atoms with Gasteiger partial charge in [0.25, 0.3) is 11.6 Å². The number of nitro benzene ring substituents is 1. The van der Waals surface area contributed by atoms with Crippen LogP contribution in [-0.4, -0.2) is 26.8 Å². The first-order chi connectivity index (χ1) is 12.3. The summed E-state index contributed by atoms with van der Waals surface area (Å²) in [5.74, 6) is 0.187. The van der Waals surface area contributed by atoms with Crippen LogP contribution < -0.4 is 10.1 Å². The SMILES string of the molecule is COc1cc([N+](=O)[O-])ccc1-n1c(C)cc(/C=C2\SC(=S)NC2=O)c1C. The molecule has 2 aromatic rings. The van der Waals surface area contributed by atoms with Crippen molar-refractivity contribution >= 4 is 46.0 Å². The first kappa shape index (κ1) is 18.2. The summed E-state index contributed by atoms with van der Waals surface area (Å²) in [7, 11) is 1.47. The Balaban J connectivity index is 2.09. The number of thiocarbonyl (C=S) groups is 1. The molecule has 7 nitrogen and oxygen atoms in total. The molecule has 1 aliphatic heterocycles. The van der Waals surface area contributed by atoms with Gasteiger partial charge in [-0.2, -0.15) is 0 Å². The second-order valence-electron chi connectivity index (χ2n) is 5.63. The maximum absolute atomic E-state index is 11.9. The fourth-order valence-corrected chi connectivity index (χ4v) is 3.87. The van der Waals surface area contributed by atoms with Crippen LogP contribution in [0.15, 0.2) is 29.2 Å². The third-order valence-corrected chi connectivity index (χ3v) is 5.18. The number of carbonyl (C=O) groups excluding carboxylic acids is 1. The molecule has 1 amide bonds. The normalized spacial score (nSPS) is 15.4. The molecule has 0 aliphatic carbocycles. The van der Waals surface area contributed by atoms with E-state index in [-0.39, 0.29) is 11.6 Å². The number of aryl methyl sites for hydroxylation is 1. The van der Waals surface area contributed by atoms with E-state index >= 15 is 0 Å². The molecule has 134 valence electrons. The minimum Gasteiger partial charge on any atom is -0.494 e. The van der Waals surface area contributed by atoms with Crippen molar-refractivity contribution in [2.75, 3.05) is 7.11 Å². The molecule has 1 aromatic carbocycles. The number of nitrogens with zero attached hydrogens (tertiary/aromatic N) is 2. The number of benzene rings is 1. The van der Waals surface area contributed by atoms with Crippen LogP contribution in [0.1, 0.15) is 17.0 Å². The molecule has 1 N–H and O–H groups in total. The van der Waals surface area contributed by atoms with Crippen LogP contribution in [0.4, 0.5) is 5.69 Å². The molecule has 9 heteroatoms. The highest BCUT2D eigenvalue weighted by atomic mass is 32.2. The lowest BCUT2D eigenvalue weighted by molar-refractivity contribution is -0.384. The third-order valence-electron chi connectivity index (χ3n) is 4.01. The zero-order chi connectivity index (χ0) is 19.0. The highest BCUT2D eigenvalue weighted by Crippen LogP contribution is 2.33. The van der Waals surface area contributed by atoms with E-state index in [0.29, 0.717) is 20.7 Å². The maximum atomic E-state index is 11.9. The summed E-state index contributed by atoms with van der Waals surface area (Å²) in [5, 5.41) is 13.6. The third kappa shape index (κ3) is 3.23. The van der Waals surface area contributed by atoms with Gasteiger partial charge in [0.1, 0.15) is 10.1 Å². The van der Waals surface area contributed by atoms with Crippen LogP contribution in [0.3, 0.4) is 0 Å². The molecule has 1 aliphatic rings. The minimum absolute atomic E-state index is 0.0389. The molecule has 2 heterocycles. The van der Waals surface area contributed by atoms with Gasteiger partial charge >= 0.3 is 0 Å². The predicted octanol–water partition coefficient (Wildman–Crippen LogP) is 3.50. The van der Waals surface area contributed by atoms with Crippen molar-refractivity contribution in [1.29, 1.82) is 0 Å². The van der Waals surface area contributed by atoms with Gasteiger partial charge in [-0.15, -0.1) is 0 Å². The lowest BCUT2D eigenvalue weighted by Gasteiger charge is -2.13. The van der Waals surface area contributed by atoms with Gasteiger partial charge in [-0.1, -0.05) is 24.0 Å². The Morgan fingerprint density at radius 3 is 2.65 bits per heavy atom. The zero-order valence-corrected chi connectivity index (χ0v) is 15.9. The van der Waals surface area contributed by atoms with Crippen molar-refractivity contribution < 1.29 is 14.5 Å². The van der Waals surface area contributed by atoms with Gasteiger partial charge in [0.15, 0.2) is 0 Å². The topological polar surface area (TPSA) is 86.4 Å². The first-order valence-corrected chi connectivity index (χ1v) is 8.81. The number of amides is 1. The van der Waals surface area contributed by atoms with Crippen molar-refractivity contribution in [2.24, 2.45) is 0 Å². The monoisotopic (exact) mass is 389 g/mol. The number of nitrogens with one attached hydrogen (secondary N) is 1. The summed E-state index contributed by atoms with van der Waals surface area (Å²) in [5.41, 5.74) is 3.31. The predicted molar refractivity (Wildman–Crippen MR) is 105 cm³/mol. The van der Waals surface area contributed by atoms with Crippen LogP contribution in [0.2, 0.25) is 0 Å². The Labute approximate surface area is 159 Å². The van der Waals surface area contributed by atoms with Crippen LogP contribution in [-0.2, 0) is 4.79 Å². The van der Waals surface area contributed by atoms with Crippen molar-refractivity contribution in [3.63, 3.8) is 0 Å². The Bertz CT molecular complexity index is 979. The van der Waals surface area contributed by atoms with E-state index in [0.717, 1.165) is 17.0 Å². The van der Waals surface area contributed by atoms with Gasteiger partial charge in [0, 0.05) is 17.5 Å². The molecule has 26 heavy (non-hydrogen) atoms. The van der Waals surface area contributed by atoms with Crippen LogP contribution in [0.5, 0.6) is 5.75 Å². The summed E-state index contributed by atoms with van der Waals surface area (Å²) in [6.07, 6.45) is 1.79. The molecule has 0 bridgehead atoms. The van der Waals surface area contributed by atoms with E-state index < -0.39 is 4.92 Å². The summed E-state index contributed by atoms with van der Waals surface area (Å²) >= 11 is 6.23. The average molecular weight is 389 g/mol. The molecule has 1 saturated heterocycles. The molecule has 0 saturated carbocycles. The van der Waals surface area contributed by atoms with Gasteiger partial charge in [0.2, 0.25) is 0 Å². The Morgan fingerprint density at radius 1 is 1.35 bits per heavy atom. The van der Waals surface area contributed by atoms with Gasteiger partial charge < -0.3 is 14.6 Å². The average Bonchev–Trinajstić information content (AvgIpc) is 3.05. The number of aromatic nitrogens is 1. The standard InChI is InChI=1S/C17H15N3O4S2/c1-9-6-11(7-15-16(21)18-17(25)26-15)10(2)19(9)13-5-4-12(20(22)23)8-14(13)24-3/h4-8H,1-3H3,(H,18,21,25)/b15-7-. The number of ether oxygens (including phenoxy) is 1. The molecular weight excluding hydrogens is 374 g/mol. The van der Waals surface area contributed by atoms with Gasteiger partial charge in [-0.05, 0) is 37.6 Å². The number of methoxy groups -OCH3 is 1. The van der Waals surface area contributed by atoms with Crippen LogP contribution in [0.25, 0.3) is 11.8 Å². The number of hydrogen-bond acceptors (Lipinski definition) is 6. The minimum atomic E-state index is -0.462. The number of rotatable bonds is 4. The van der Waals surface area contributed by atoms with E-state index in [1.165, 1.54) is 31.0 Å². The highest BCUT2D eigenvalue weighted by Gasteiger charge is 2.23. The molecule has 0 unspecified atom stereocenters. The number of nitro groups is 1. The first-order valence-electron chi connectivity index (χ1n) is 7.58. The number of carbonyl (C=O) groups is 1. The van der Waals surface area contributed by atoms with Crippen molar-refractivity contribution in [3.8, 4) is 11.4 Å². The van der Waals surface area contributed by atoms with Gasteiger partial charge in [-0.3, -0.25) is 14.9 Å². The summed E-state index contributed by atoms with van der Waals surface area (Å²) in [4.78, 5) is 22.9. The smallest absolute Gasteiger partial charge is 0.273 e. The molecule has 0 spiro atoms. The Kier molecular flexibility index (Phi) is 4.84. The summed E-state index contributed by atoms with van der Waals surface area (Å²) in [6.45, 7) is 3.83. The summed E-state index contributed by atoms with van der Waals surface area (Å²) < 4.78 is 7.72. The molecule has 1 aromatic heterocycles. The van der Waals surface area contributed by atoms with E-state index in [2.05, 4.69) is 5.32 Å². The Hall–Kier alpha value is -2.65. The second-order valence-corrected chi connectivity index (χ2v) is 7.35. The number of hydrogen-bond donors (Lipinski definition) is 1. The fourth-order valence-electron chi connectivity index (χ4n) is 2.83. The Morgan fingerprint density at radius 2 is 2.08 bits per heavy atom. The van der Waals surface area contributed by atoms with E-state index in [9.17, 15) is 14.9 Å². The van der Waals surface area contributed by atoms with E-state index in [1.807, 2.05) is 24.5 Å². The van der Waals surface area contributed by atoms with E-state index in [1.54, 1.807) is 12.1 Å². The number of thioether (sulfide) groups is 1. The molecule has 3 rings (SSSR count). The molecular formula is C17H15N3O4S2. The lowest BCUT2D eigenvalue weighted by atomic mass is 10.2. The van der Waals surface area contributed by atoms with Crippen LogP contribution in [0, 0.1) is 24.0 Å². The highest BCUT2D eigenvalue weighted by molar-refractivity contribution is 8.26. The van der Waals surface area contributed by atoms with Crippen molar-refractivity contribution in [3.05, 3.63) is 56.2 Å². The van der Waals surface area contributed by atoms with Crippen molar-refractivity contribution in [2.45, 2.75) is 13.8 Å². The maximum Gasteiger partial charge on any atom is 0.273 e. The quantitative estimate of drug-likeness (QED) is 0.373. The summed E-state index contributed by atoms with van der Waals surface area (Å²) in [6, 6.07) is 6.43. The largest absolute Gasteiger partial charge is 0.494 e. The van der Waals surface area contributed by atoms with Gasteiger partial charge in [-0.25, -0.2) is 0 Å². The van der Waals surface area contributed by atoms with E-state index in [4.69, 9.17) is 17.0 Å². The van der Waals surface area contributed by atoms with Crippen LogP contribution >= 0.6 is 24.0 Å². The number of non-ortho nitro benzene ring substituents is 1. The lowest BCUT2D eigenvalue weighted by Crippen LogP contribution is -2.17.